The molecule has 2 rings (SSSR count). The van der Waals surface area contributed by atoms with E-state index in [1.54, 1.807) is 6.07 Å². The van der Waals surface area contributed by atoms with E-state index in [2.05, 4.69) is 4.72 Å². The number of hydrogen-bond acceptors (Lipinski definition) is 7. The van der Waals surface area contributed by atoms with Crippen molar-refractivity contribution in [3.8, 4) is 17.2 Å². The number of sulfonamides is 1. The molecule has 0 atom stereocenters. The summed E-state index contributed by atoms with van der Waals surface area (Å²) >= 11 is 0. The van der Waals surface area contributed by atoms with Crippen LogP contribution in [0, 0.1) is 6.92 Å². The fourth-order valence-electron chi connectivity index (χ4n) is 2.45. The smallest absolute Gasteiger partial charge is 0.321 e. The second-order valence-electron chi connectivity index (χ2n) is 5.82. The largest absolute Gasteiger partial charge is 0.496 e. The van der Waals surface area contributed by atoms with Crippen molar-refractivity contribution in [1.82, 2.24) is 4.72 Å². The summed E-state index contributed by atoms with van der Waals surface area (Å²) in [7, 11) is 0.444. The summed E-state index contributed by atoms with van der Waals surface area (Å²) in [6.45, 7) is 1.37. The molecule has 0 radical (unpaired) electrons. The standard InChI is InChI=1S/C19H23NO7S/c1-13-5-7-16(24-2)14(9-13)12-27-19(21)11-20-28(22,23)15-6-8-17(25-3)18(10-15)26-4/h5-10,20H,11-12H2,1-4H3. The van der Waals surface area contributed by atoms with Crippen LogP contribution in [0.1, 0.15) is 11.1 Å². The number of carbonyl (C=O) groups excluding carboxylic acids is 1. The highest BCUT2D eigenvalue weighted by Gasteiger charge is 2.19. The van der Waals surface area contributed by atoms with Gasteiger partial charge in [-0.05, 0) is 31.2 Å². The molecular formula is C19H23NO7S. The lowest BCUT2D eigenvalue weighted by molar-refractivity contribution is -0.143. The maximum atomic E-state index is 12.4. The molecule has 0 fully saturated rings. The molecule has 0 amide bonds. The van der Waals surface area contributed by atoms with Gasteiger partial charge in [-0.3, -0.25) is 4.79 Å². The van der Waals surface area contributed by atoms with Gasteiger partial charge in [-0.1, -0.05) is 11.6 Å². The third-order valence-electron chi connectivity index (χ3n) is 3.90. The number of methoxy groups -OCH3 is 3. The summed E-state index contributed by atoms with van der Waals surface area (Å²) in [4.78, 5) is 11.9. The van der Waals surface area contributed by atoms with Crippen LogP contribution in [-0.2, 0) is 26.2 Å². The predicted molar refractivity (Wildman–Crippen MR) is 102 cm³/mol. The van der Waals surface area contributed by atoms with E-state index in [-0.39, 0.29) is 17.3 Å². The van der Waals surface area contributed by atoms with Crippen molar-refractivity contribution >= 4 is 16.0 Å². The molecule has 0 bridgehead atoms. The molecule has 0 heterocycles. The van der Waals surface area contributed by atoms with E-state index >= 15 is 0 Å². The Morgan fingerprint density at radius 3 is 2.21 bits per heavy atom. The SMILES string of the molecule is COc1ccc(C)cc1COC(=O)CNS(=O)(=O)c1ccc(OC)c(OC)c1. The summed E-state index contributed by atoms with van der Waals surface area (Å²) in [5.74, 6) is 0.532. The lowest BCUT2D eigenvalue weighted by Crippen LogP contribution is -2.30. The average Bonchev–Trinajstić information content (AvgIpc) is 2.70. The predicted octanol–water partition coefficient (Wildman–Crippen LogP) is 2.04. The minimum atomic E-state index is -3.93. The van der Waals surface area contributed by atoms with Gasteiger partial charge in [0.15, 0.2) is 11.5 Å². The van der Waals surface area contributed by atoms with E-state index in [4.69, 9.17) is 18.9 Å². The maximum absolute atomic E-state index is 12.4. The van der Waals surface area contributed by atoms with Crippen molar-refractivity contribution in [3.05, 3.63) is 47.5 Å². The first-order chi connectivity index (χ1) is 13.3. The number of hydrogen-bond donors (Lipinski definition) is 1. The Bertz CT molecular complexity index is 941. The lowest BCUT2D eigenvalue weighted by atomic mass is 10.1. The first-order valence-electron chi connectivity index (χ1n) is 8.31. The van der Waals surface area contributed by atoms with E-state index in [9.17, 15) is 13.2 Å². The average molecular weight is 409 g/mol. The first kappa shape index (κ1) is 21.5. The highest BCUT2D eigenvalue weighted by Crippen LogP contribution is 2.29. The van der Waals surface area contributed by atoms with E-state index in [1.807, 2.05) is 19.1 Å². The maximum Gasteiger partial charge on any atom is 0.321 e. The topological polar surface area (TPSA) is 100 Å². The summed E-state index contributed by atoms with van der Waals surface area (Å²) in [6.07, 6.45) is 0. The van der Waals surface area contributed by atoms with Crippen LogP contribution in [0.25, 0.3) is 0 Å². The molecule has 0 aliphatic rings. The number of carbonyl (C=O) groups is 1. The van der Waals surface area contributed by atoms with E-state index in [0.717, 1.165) is 5.56 Å². The summed E-state index contributed by atoms with van der Waals surface area (Å²) in [5, 5.41) is 0. The Morgan fingerprint density at radius 1 is 0.929 bits per heavy atom. The van der Waals surface area contributed by atoms with Gasteiger partial charge in [0.2, 0.25) is 10.0 Å². The molecule has 8 nitrogen and oxygen atoms in total. The van der Waals surface area contributed by atoms with Crippen molar-refractivity contribution < 1.29 is 32.2 Å². The van der Waals surface area contributed by atoms with Gasteiger partial charge in [-0.2, -0.15) is 4.72 Å². The number of aryl methyl sites for hydroxylation is 1. The molecule has 28 heavy (non-hydrogen) atoms. The zero-order chi connectivity index (χ0) is 20.7. The molecule has 0 aromatic heterocycles. The molecule has 2 aromatic carbocycles. The molecule has 9 heteroatoms. The van der Waals surface area contributed by atoms with Gasteiger partial charge in [-0.15, -0.1) is 0 Å². The molecule has 0 saturated carbocycles. The van der Waals surface area contributed by atoms with Gasteiger partial charge in [0, 0.05) is 11.6 Å². The Hall–Kier alpha value is -2.78. The van der Waals surface area contributed by atoms with E-state index in [1.165, 1.54) is 39.5 Å². The second kappa shape index (κ2) is 9.43. The van der Waals surface area contributed by atoms with Crippen LogP contribution in [0.15, 0.2) is 41.3 Å². The quantitative estimate of drug-likeness (QED) is 0.633. The number of rotatable bonds is 9. The van der Waals surface area contributed by atoms with Crippen molar-refractivity contribution in [2.24, 2.45) is 0 Å². The lowest BCUT2D eigenvalue weighted by Gasteiger charge is -2.12. The molecule has 0 unspecified atom stereocenters. The van der Waals surface area contributed by atoms with Gasteiger partial charge < -0.3 is 18.9 Å². The Morgan fingerprint density at radius 2 is 1.57 bits per heavy atom. The van der Waals surface area contributed by atoms with Gasteiger partial charge in [0.1, 0.15) is 18.9 Å². The first-order valence-corrected chi connectivity index (χ1v) is 9.80. The van der Waals surface area contributed by atoms with Gasteiger partial charge >= 0.3 is 5.97 Å². The Kier molecular flexibility index (Phi) is 7.24. The van der Waals surface area contributed by atoms with Crippen LogP contribution < -0.4 is 18.9 Å². The van der Waals surface area contributed by atoms with Crippen molar-refractivity contribution in [1.29, 1.82) is 0 Å². The summed E-state index contributed by atoms with van der Waals surface area (Å²) in [5.41, 5.74) is 1.68. The second-order valence-corrected chi connectivity index (χ2v) is 7.58. The van der Waals surface area contributed by atoms with E-state index < -0.39 is 22.5 Å². The van der Waals surface area contributed by atoms with E-state index in [0.29, 0.717) is 17.1 Å². The molecule has 0 aliphatic carbocycles. The van der Waals surface area contributed by atoms with Crippen LogP contribution in [0.5, 0.6) is 17.2 Å². The highest BCUT2D eigenvalue weighted by atomic mass is 32.2. The monoisotopic (exact) mass is 409 g/mol. The molecule has 0 spiro atoms. The molecule has 152 valence electrons. The summed E-state index contributed by atoms with van der Waals surface area (Å²) in [6, 6.07) is 9.62. The van der Waals surface area contributed by atoms with Gasteiger partial charge in [0.25, 0.3) is 0 Å². The van der Waals surface area contributed by atoms with Crippen molar-refractivity contribution in [3.63, 3.8) is 0 Å². The molecular weight excluding hydrogens is 386 g/mol. The van der Waals surface area contributed by atoms with Crippen LogP contribution in [-0.4, -0.2) is 42.3 Å². The number of nitrogens with one attached hydrogen (secondary N) is 1. The third-order valence-corrected chi connectivity index (χ3v) is 5.30. The van der Waals surface area contributed by atoms with Crippen LogP contribution in [0.2, 0.25) is 0 Å². The normalized spacial score (nSPS) is 11.0. The van der Waals surface area contributed by atoms with Crippen LogP contribution in [0.4, 0.5) is 0 Å². The fourth-order valence-corrected chi connectivity index (χ4v) is 3.43. The highest BCUT2D eigenvalue weighted by molar-refractivity contribution is 7.89. The molecule has 0 aliphatic heterocycles. The van der Waals surface area contributed by atoms with Crippen LogP contribution in [0.3, 0.4) is 0 Å². The van der Waals surface area contributed by atoms with Gasteiger partial charge in [0.05, 0.1) is 26.2 Å². The summed E-state index contributed by atoms with van der Waals surface area (Å²) < 4.78 is 47.5. The van der Waals surface area contributed by atoms with Crippen molar-refractivity contribution in [2.45, 2.75) is 18.4 Å². The fraction of sp³-hybridized carbons (Fsp3) is 0.316. The molecule has 1 N–H and O–H groups in total. The number of esters is 1. The molecule has 0 saturated heterocycles. The minimum absolute atomic E-state index is 0.0260. The Labute approximate surface area is 164 Å². The van der Waals surface area contributed by atoms with Crippen LogP contribution >= 0.6 is 0 Å². The Balaban J connectivity index is 1.99. The number of benzene rings is 2. The zero-order valence-electron chi connectivity index (χ0n) is 16.1. The van der Waals surface area contributed by atoms with Gasteiger partial charge in [-0.25, -0.2) is 8.42 Å². The van der Waals surface area contributed by atoms with Crippen molar-refractivity contribution in [2.75, 3.05) is 27.9 Å². The minimum Gasteiger partial charge on any atom is -0.496 e. The zero-order valence-corrected chi connectivity index (χ0v) is 17.0. The molecule has 2 aromatic rings. The third kappa shape index (κ3) is 5.37. The number of ether oxygens (including phenoxy) is 4.